The maximum Gasteiger partial charge on any atom is 0.270 e. The van der Waals surface area contributed by atoms with Gasteiger partial charge < -0.3 is 24.8 Å². The molecule has 4 rings (SSSR count). The number of piperazine rings is 1. The third-order valence-electron chi connectivity index (χ3n) is 5.41. The Labute approximate surface area is 173 Å². The SMILES string of the molecule is CNC(=O)c1ccc2[nH]c(C(=O)N3CCN(c4ccc(OC)c(F)c4)CC3)cc2c1. The maximum atomic E-state index is 14.0. The number of benzene rings is 2. The molecule has 1 aliphatic heterocycles. The third kappa shape index (κ3) is 3.68. The number of aromatic amines is 1. The number of nitrogens with one attached hydrogen (secondary N) is 2. The molecule has 0 aliphatic carbocycles. The van der Waals surface area contributed by atoms with Gasteiger partial charge in [0.2, 0.25) is 0 Å². The molecule has 1 aromatic heterocycles. The van der Waals surface area contributed by atoms with E-state index in [0.29, 0.717) is 37.4 Å². The standard InChI is InChI=1S/C22H23FN4O3/c1-24-21(28)14-3-5-18-15(11-14)12-19(25-18)22(29)27-9-7-26(8-10-27)16-4-6-20(30-2)17(23)13-16/h3-6,11-13,25H,7-10H2,1-2H3,(H,24,28). The van der Waals surface area contributed by atoms with Crippen LogP contribution < -0.4 is 15.0 Å². The van der Waals surface area contributed by atoms with E-state index in [2.05, 4.69) is 10.3 Å². The van der Waals surface area contributed by atoms with E-state index in [0.717, 1.165) is 16.6 Å². The lowest BCUT2D eigenvalue weighted by Gasteiger charge is -2.36. The zero-order valence-corrected chi connectivity index (χ0v) is 16.9. The van der Waals surface area contributed by atoms with Crippen molar-refractivity contribution in [3.05, 3.63) is 59.5 Å². The molecule has 0 unspecified atom stereocenters. The van der Waals surface area contributed by atoms with Crippen LogP contribution in [0, 0.1) is 5.82 Å². The fourth-order valence-electron chi connectivity index (χ4n) is 3.72. The van der Waals surface area contributed by atoms with Gasteiger partial charge in [0.05, 0.1) is 7.11 Å². The number of H-pyrrole nitrogens is 1. The van der Waals surface area contributed by atoms with Gasteiger partial charge in [-0.15, -0.1) is 0 Å². The number of nitrogens with zero attached hydrogens (tertiary/aromatic N) is 2. The highest BCUT2D eigenvalue weighted by molar-refractivity contribution is 6.01. The highest BCUT2D eigenvalue weighted by Gasteiger charge is 2.24. The summed E-state index contributed by atoms with van der Waals surface area (Å²) >= 11 is 0. The Kier molecular flexibility index (Phi) is 5.31. The van der Waals surface area contributed by atoms with Crippen LogP contribution in [-0.4, -0.2) is 62.0 Å². The number of aromatic nitrogens is 1. The van der Waals surface area contributed by atoms with Crippen LogP contribution >= 0.6 is 0 Å². The zero-order chi connectivity index (χ0) is 21.3. The monoisotopic (exact) mass is 410 g/mol. The van der Waals surface area contributed by atoms with Crippen LogP contribution in [0.15, 0.2) is 42.5 Å². The molecule has 1 fully saturated rings. The van der Waals surface area contributed by atoms with Crippen molar-refractivity contribution >= 4 is 28.4 Å². The summed E-state index contributed by atoms with van der Waals surface area (Å²) in [6, 6.07) is 11.9. The Balaban J connectivity index is 1.45. The fourth-order valence-corrected chi connectivity index (χ4v) is 3.72. The first kappa shape index (κ1) is 19.8. The number of amides is 2. The second kappa shape index (κ2) is 8.06. The lowest BCUT2D eigenvalue weighted by molar-refractivity contribution is 0.0741. The Morgan fingerprint density at radius 1 is 1.07 bits per heavy atom. The number of hydrogen-bond acceptors (Lipinski definition) is 4. The zero-order valence-electron chi connectivity index (χ0n) is 16.9. The second-order valence-electron chi connectivity index (χ2n) is 7.16. The van der Waals surface area contributed by atoms with Crippen molar-refractivity contribution in [3.63, 3.8) is 0 Å². The van der Waals surface area contributed by atoms with E-state index in [1.165, 1.54) is 13.2 Å². The minimum atomic E-state index is -0.400. The molecule has 3 aromatic rings. The molecule has 30 heavy (non-hydrogen) atoms. The number of ether oxygens (including phenoxy) is 1. The van der Waals surface area contributed by atoms with Gasteiger partial charge in [0.25, 0.3) is 11.8 Å². The molecule has 0 saturated carbocycles. The summed E-state index contributed by atoms with van der Waals surface area (Å²) in [4.78, 5) is 31.7. The van der Waals surface area contributed by atoms with E-state index >= 15 is 0 Å². The quantitative estimate of drug-likeness (QED) is 0.693. The van der Waals surface area contributed by atoms with Gasteiger partial charge in [-0.05, 0) is 36.4 Å². The van der Waals surface area contributed by atoms with E-state index in [-0.39, 0.29) is 17.6 Å². The van der Waals surface area contributed by atoms with Crippen molar-refractivity contribution in [2.45, 2.75) is 0 Å². The number of rotatable bonds is 4. The highest BCUT2D eigenvalue weighted by atomic mass is 19.1. The summed E-state index contributed by atoms with van der Waals surface area (Å²) in [6.07, 6.45) is 0. The molecular formula is C22H23FN4O3. The molecule has 2 aromatic carbocycles. The van der Waals surface area contributed by atoms with Crippen LogP contribution in [0.1, 0.15) is 20.8 Å². The van der Waals surface area contributed by atoms with Gasteiger partial charge in [-0.2, -0.15) is 0 Å². The Morgan fingerprint density at radius 3 is 2.50 bits per heavy atom. The molecule has 2 N–H and O–H groups in total. The normalized spacial score (nSPS) is 14.1. The summed E-state index contributed by atoms with van der Waals surface area (Å²) < 4.78 is 19.0. The molecule has 0 spiro atoms. The molecule has 7 nitrogen and oxygen atoms in total. The van der Waals surface area contributed by atoms with Gasteiger partial charge in [0.1, 0.15) is 5.69 Å². The topological polar surface area (TPSA) is 77.7 Å². The van der Waals surface area contributed by atoms with E-state index in [1.54, 1.807) is 42.3 Å². The average molecular weight is 410 g/mol. The van der Waals surface area contributed by atoms with Gasteiger partial charge >= 0.3 is 0 Å². The van der Waals surface area contributed by atoms with Gasteiger partial charge in [0, 0.05) is 61.4 Å². The Bertz CT molecular complexity index is 1100. The van der Waals surface area contributed by atoms with Crippen molar-refractivity contribution in [1.82, 2.24) is 15.2 Å². The molecule has 8 heteroatoms. The first-order valence-corrected chi connectivity index (χ1v) is 9.73. The lowest BCUT2D eigenvalue weighted by atomic mass is 10.1. The minimum Gasteiger partial charge on any atom is -0.494 e. The highest BCUT2D eigenvalue weighted by Crippen LogP contribution is 2.25. The van der Waals surface area contributed by atoms with Crippen LogP contribution in [0.2, 0.25) is 0 Å². The molecule has 2 amide bonds. The number of carbonyl (C=O) groups is 2. The van der Waals surface area contributed by atoms with E-state index in [1.807, 2.05) is 11.0 Å². The van der Waals surface area contributed by atoms with Crippen molar-refractivity contribution in [2.75, 3.05) is 45.2 Å². The van der Waals surface area contributed by atoms with Gasteiger partial charge in [0.15, 0.2) is 11.6 Å². The molecule has 0 atom stereocenters. The first-order valence-electron chi connectivity index (χ1n) is 9.73. The van der Waals surface area contributed by atoms with E-state index in [4.69, 9.17) is 4.74 Å². The van der Waals surface area contributed by atoms with Crippen molar-refractivity contribution in [2.24, 2.45) is 0 Å². The van der Waals surface area contributed by atoms with Crippen LogP contribution in [0.25, 0.3) is 10.9 Å². The molecule has 2 heterocycles. The van der Waals surface area contributed by atoms with Crippen LogP contribution in [0.5, 0.6) is 5.75 Å². The van der Waals surface area contributed by atoms with Crippen LogP contribution in [0.3, 0.4) is 0 Å². The van der Waals surface area contributed by atoms with Crippen molar-refractivity contribution in [1.29, 1.82) is 0 Å². The predicted octanol–water partition coefficient (Wildman–Crippen LogP) is 2.64. The molecule has 156 valence electrons. The smallest absolute Gasteiger partial charge is 0.270 e. The largest absolute Gasteiger partial charge is 0.494 e. The number of hydrogen-bond donors (Lipinski definition) is 2. The number of halogens is 1. The van der Waals surface area contributed by atoms with Gasteiger partial charge in [-0.3, -0.25) is 9.59 Å². The van der Waals surface area contributed by atoms with E-state index in [9.17, 15) is 14.0 Å². The summed E-state index contributed by atoms with van der Waals surface area (Å²) in [7, 11) is 3.02. The second-order valence-corrected chi connectivity index (χ2v) is 7.16. The van der Waals surface area contributed by atoms with Crippen molar-refractivity contribution < 1.29 is 18.7 Å². The van der Waals surface area contributed by atoms with Crippen LogP contribution in [-0.2, 0) is 0 Å². The number of carbonyl (C=O) groups excluding carboxylic acids is 2. The molecule has 1 aliphatic rings. The van der Waals surface area contributed by atoms with Gasteiger partial charge in [-0.25, -0.2) is 4.39 Å². The maximum absolute atomic E-state index is 14.0. The minimum absolute atomic E-state index is 0.0896. The molecule has 1 saturated heterocycles. The summed E-state index contributed by atoms with van der Waals surface area (Å²) in [5.74, 6) is -0.445. The summed E-state index contributed by atoms with van der Waals surface area (Å²) in [5, 5.41) is 3.41. The van der Waals surface area contributed by atoms with Crippen molar-refractivity contribution in [3.8, 4) is 5.75 Å². The average Bonchev–Trinajstić information content (AvgIpc) is 3.21. The fraction of sp³-hybridized carbons (Fsp3) is 0.273. The van der Waals surface area contributed by atoms with Gasteiger partial charge in [-0.1, -0.05) is 0 Å². The predicted molar refractivity (Wildman–Crippen MR) is 113 cm³/mol. The third-order valence-corrected chi connectivity index (χ3v) is 5.41. The molecular weight excluding hydrogens is 387 g/mol. The number of fused-ring (bicyclic) bond motifs is 1. The molecule has 0 bridgehead atoms. The Hall–Kier alpha value is -3.55. The lowest BCUT2D eigenvalue weighted by Crippen LogP contribution is -2.48. The van der Waals surface area contributed by atoms with E-state index < -0.39 is 5.82 Å². The van der Waals surface area contributed by atoms with Crippen LogP contribution in [0.4, 0.5) is 10.1 Å². The first-order chi connectivity index (χ1) is 14.5. The Morgan fingerprint density at radius 2 is 1.83 bits per heavy atom. The number of anilines is 1. The summed E-state index contributed by atoms with van der Waals surface area (Å²) in [5.41, 5.74) is 2.61. The number of methoxy groups -OCH3 is 1. The summed E-state index contributed by atoms with van der Waals surface area (Å²) in [6.45, 7) is 2.29. The molecule has 0 radical (unpaired) electrons.